The molecule has 1 aliphatic carbocycles. The Hall–Kier alpha value is -0.950. The molecule has 18 heavy (non-hydrogen) atoms. The van der Waals surface area contributed by atoms with Crippen LogP contribution in [0.2, 0.25) is 0 Å². The summed E-state index contributed by atoms with van der Waals surface area (Å²) < 4.78 is 34.2. The summed E-state index contributed by atoms with van der Waals surface area (Å²) in [6.07, 6.45) is 1.17. The molecule has 0 amide bonds. The van der Waals surface area contributed by atoms with Crippen LogP contribution < -0.4 is 0 Å². The van der Waals surface area contributed by atoms with Gasteiger partial charge in [-0.15, -0.1) is 4.33 Å². The predicted octanol–water partition coefficient (Wildman–Crippen LogP) is 2.27. The van der Waals surface area contributed by atoms with Gasteiger partial charge in [0, 0.05) is 5.92 Å². The maximum Gasteiger partial charge on any atom is 0.415 e. The number of carbonyl (C=O) groups excluding carboxylic acids is 1. The van der Waals surface area contributed by atoms with Crippen molar-refractivity contribution in [2.75, 3.05) is 0 Å². The number of halogens is 2. The Morgan fingerprint density at radius 1 is 1.39 bits per heavy atom. The van der Waals surface area contributed by atoms with Crippen molar-refractivity contribution < 1.29 is 32.9 Å². The zero-order valence-corrected chi connectivity index (χ0v) is 9.99. The van der Waals surface area contributed by atoms with Crippen LogP contribution >= 0.6 is 12.0 Å². The van der Waals surface area contributed by atoms with Crippen molar-refractivity contribution in [1.29, 1.82) is 5.26 Å². The number of hydrogen-bond acceptors (Lipinski definition) is 7. The molecule has 102 valence electrons. The molecule has 9 heteroatoms. The van der Waals surface area contributed by atoms with Gasteiger partial charge in [0.2, 0.25) is 0 Å². The van der Waals surface area contributed by atoms with Crippen molar-refractivity contribution >= 4 is 18.0 Å². The van der Waals surface area contributed by atoms with Gasteiger partial charge in [-0.1, -0.05) is 5.04 Å². The van der Waals surface area contributed by atoms with E-state index in [1.54, 1.807) is 0 Å². The fourth-order valence-corrected chi connectivity index (χ4v) is 1.85. The van der Waals surface area contributed by atoms with Crippen LogP contribution in [0.4, 0.5) is 8.78 Å². The quantitative estimate of drug-likeness (QED) is 0.358. The summed E-state index contributed by atoms with van der Waals surface area (Å²) in [6.45, 7) is 0. The van der Waals surface area contributed by atoms with E-state index in [0.29, 0.717) is 25.7 Å². The Balaban J connectivity index is 2.39. The Bertz CT molecular complexity index is 327. The molecule has 0 aromatic carbocycles. The lowest BCUT2D eigenvalue weighted by atomic mass is 9.88. The maximum absolute atomic E-state index is 13.0. The van der Waals surface area contributed by atoms with Crippen LogP contribution in [-0.2, 0) is 18.9 Å². The van der Waals surface area contributed by atoms with Crippen LogP contribution in [0, 0.1) is 17.2 Å². The van der Waals surface area contributed by atoms with Crippen molar-refractivity contribution in [3.8, 4) is 6.07 Å². The van der Waals surface area contributed by atoms with E-state index in [1.165, 1.54) is 0 Å². The molecule has 0 atom stereocenters. The first-order chi connectivity index (χ1) is 8.49. The van der Waals surface area contributed by atoms with Gasteiger partial charge in [-0.2, -0.15) is 14.0 Å². The van der Waals surface area contributed by atoms with Crippen LogP contribution in [0.25, 0.3) is 0 Å². The Morgan fingerprint density at radius 2 is 2.00 bits per heavy atom. The number of esters is 1. The first-order valence-electron chi connectivity index (χ1n) is 5.14. The molecule has 1 N–H and O–H groups in total. The van der Waals surface area contributed by atoms with Gasteiger partial charge in [-0.3, -0.25) is 0 Å². The van der Waals surface area contributed by atoms with E-state index >= 15 is 0 Å². The molecule has 1 fully saturated rings. The largest absolute Gasteiger partial charge is 0.457 e. The van der Waals surface area contributed by atoms with Crippen LogP contribution in [0.3, 0.4) is 0 Å². The average Bonchev–Trinajstić information content (AvgIpc) is 2.37. The summed E-state index contributed by atoms with van der Waals surface area (Å²) in [5, 5.41) is 15.4. The van der Waals surface area contributed by atoms with Crippen LogP contribution in [0.1, 0.15) is 25.7 Å². The third-order valence-corrected chi connectivity index (χ3v) is 3.04. The number of hydrogen-bond donors (Lipinski definition) is 1. The lowest BCUT2D eigenvalue weighted by Gasteiger charge is -2.25. The monoisotopic (exact) mass is 283 g/mol. The summed E-state index contributed by atoms with van der Waals surface area (Å²) >= 11 is -0.652. The average molecular weight is 283 g/mol. The molecule has 1 aliphatic rings. The van der Waals surface area contributed by atoms with Crippen LogP contribution in [0.15, 0.2) is 0 Å². The highest BCUT2D eigenvalue weighted by atomic mass is 32.2. The van der Waals surface area contributed by atoms with Gasteiger partial charge in [-0.25, -0.2) is 10.1 Å². The first-order valence-corrected chi connectivity index (χ1v) is 5.88. The summed E-state index contributed by atoms with van der Waals surface area (Å²) in [6, 6.07) is 2.08. The topological polar surface area (TPSA) is 88.8 Å². The highest BCUT2D eigenvalue weighted by molar-refractivity contribution is 7.96. The number of ether oxygens (including phenoxy) is 1. The minimum Gasteiger partial charge on any atom is -0.457 e. The second kappa shape index (κ2) is 6.84. The highest BCUT2D eigenvalue weighted by Crippen LogP contribution is 2.33. The second-order valence-electron chi connectivity index (χ2n) is 3.75. The maximum atomic E-state index is 13.0. The van der Waals surface area contributed by atoms with Gasteiger partial charge in [0.05, 0.1) is 6.07 Å². The van der Waals surface area contributed by atoms with E-state index in [4.69, 9.17) is 10.5 Å². The lowest BCUT2D eigenvalue weighted by molar-refractivity contribution is -0.433. The van der Waals surface area contributed by atoms with Gasteiger partial charge in [0.15, 0.2) is 0 Å². The molecule has 0 bridgehead atoms. The van der Waals surface area contributed by atoms with Crippen LogP contribution in [0.5, 0.6) is 0 Å². The molecule has 0 spiro atoms. The first kappa shape index (κ1) is 15.1. The third kappa shape index (κ3) is 4.38. The zero-order valence-electron chi connectivity index (χ0n) is 9.17. The molecule has 0 saturated heterocycles. The molecule has 0 heterocycles. The van der Waals surface area contributed by atoms with Crippen molar-refractivity contribution in [3.63, 3.8) is 0 Å². The van der Waals surface area contributed by atoms with Gasteiger partial charge in [0.1, 0.15) is 18.1 Å². The molecule has 0 aromatic heterocycles. The van der Waals surface area contributed by atoms with Crippen molar-refractivity contribution in [1.82, 2.24) is 0 Å². The van der Waals surface area contributed by atoms with Crippen molar-refractivity contribution in [3.05, 3.63) is 0 Å². The molecule has 0 aromatic rings. The van der Waals surface area contributed by atoms with E-state index in [0.717, 1.165) is 0 Å². The fraction of sp³-hybridized carbons (Fsp3) is 0.778. The SMILES string of the molecule is N#CC1CCC(OC(=O)C(F)(F)SOOO)CC1. The predicted molar refractivity (Wildman–Crippen MR) is 54.8 cm³/mol. The van der Waals surface area contributed by atoms with Crippen LogP contribution in [-0.4, -0.2) is 22.6 Å². The zero-order chi connectivity index (χ0) is 13.6. The minimum absolute atomic E-state index is 0.110. The molecule has 1 saturated carbocycles. The Kier molecular flexibility index (Phi) is 5.74. The minimum atomic E-state index is -3.96. The third-order valence-electron chi connectivity index (χ3n) is 2.54. The van der Waals surface area contributed by atoms with Gasteiger partial charge in [0.25, 0.3) is 0 Å². The number of carbonyl (C=O) groups is 1. The number of rotatable bonds is 5. The van der Waals surface area contributed by atoms with Gasteiger partial charge in [-0.05, 0) is 25.7 Å². The lowest BCUT2D eigenvalue weighted by Crippen LogP contribution is -2.33. The summed E-state index contributed by atoms with van der Waals surface area (Å²) in [4.78, 5) is 11.1. The molecular formula is C9H11F2NO5S. The van der Waals surface area contributed by atoms with Crippen molar-refractivity contribution in [2.45, 2.75) is 37.0 Å². The summed E-state index contributed by atoms with van der Waals surface area (Å²) in [5.74, 6) is -1.87. The molecule has 6 nitrogen and oxygen atoms in total. The molecule has 1 rings (SSSR count). The van der Waals surface area contributed by atoms with E-state index in [2.05, 4.69) is 20.2 Å². The number of alkyl halides is 2. The van der Waals surface area contributed by atoms with E-state index in [9.17, 15) is 13.6 Å². The van der Waals surface area contributed by atoms with Crippen molar-refractivity contribution in [2.24, 2.45) is 5.92 Å². The molecular weight excluding hydrogens is 272 g/mol. The number of nitrogens with zero attached hydrogens (tertiary/aromatic N) is 1. The molecule has 0 radical (unpaired) electrons. The normalized spacial score (nSPS) is 24.3. The summed E-state index contributed by atoms with van der Waals surface area (Å²) in [7, 11) is 0. The standard InChI is InChI=1S/C9H11F2NO5S/c10-9(11,18-17-16-14)8(13)15-7-3-1-6(5-12)2-4-7/h6-7,14H,1-4H2. The molecule has 0 aliphatic heterocycles. The van der Waals surface area contributed by atoms with E-state index in [1.807, 2.05) is 0 Å². The number of nitriles is 1. The summed E-state index contributed by atoms with van der Waals surface area (Å²) in [5.41, 5.74) is 0. The smallest absolute Gasteiger partial charge is 0.415 e. The Labute approximate surface area is 106 Å². The Morgan fingerprint density at radius 3 is 2.50 bits per heavy atom. The fourth-order valence-electron chi connectivity index (χ4n) is 1.62. The van der Waals surface area contributed by atoms with Gasteiger partial charge < -0.3 is 4.74 Å². The van der Waals surface area contributed by atoms with E-state index < -0.39 is 29.4 Å². The molecule has 0 unspecified atom stereocenters. The van der Waals surface area contributed by atoms with E-state index in [-0.39, 0.29) is 5.92 Å². The second-order valence-corrected chi connectivity index (χ2v) is 4.57. The van der Waals surface area contributed by atoms with Gasteiger partial charge >= 0.3 is 11.2 Å². The highest BCUT2D eigenvalue weighted by Gasteiger charge is 2.45.